The first-order valence-electron chi connectivity index (χ1n) is 10.8. The van der Waals surface area contributed by atoms with Crippen LogP contribution in [0.3, 0.4) is 0 Å². The number of aromatic amines is 1. The third-order valence-electron chi connectivity index (χ3n) is 5.29. The molecule has 4 aromatic rings. The summed E-state index contributed by atoms with van der Waals surface area (Å²) in [6.07, 6.45) is 2.29. The number of carbonyl (C=O) groups excluding carboxylic acids is 1. The van der Waals surface area contributed by atoms with Crippen LogP contribution in [0.4, 0.5) is 0 Å². The average molecular weight is 430 g/mol. The molecular weight excluding hydrogens is 402 g/mol. The summed E-state index contributed by atoms with van der Waals surface area (Å²) in [5.41, 5.74) is 2.98. The molecule has 0 bridgehead atoms. The minimum Gasteiger partial charge on any atom is -0.343 e. The van der Waals surface area contributed by atoms with Gasteiger partial charge < -0.3 is 10.3 Å². The summed E-state index contributed by atoms with van der Waals surface area (Å²) in [6.45, 7) is 6.75. The Morgan fingerprint density at radius 1 is 1.09 bits per heavy atom. The van der Waals surface area contributed by atoms with Gasteiger partial charge in [0.1, 0.15) is 5.56 Å². The molecule has 0 saturated carbocycles. The van der Waals surface area contributed by atoms with Crippen LogP contribution in [0.5, 0.6) is 0 Å². The maximum atomic E-state index is 13.1. The van der Waals surface area contributed by atoms with E-state index in [9.17, 15) is 9.59 Å². The van der Waals surface area contributed by atoms with E-state index in [0.717, 1.165) is 28.8 Å². The molecule has 7 nitrogen and oxygen atoms in total. The fourth-order valence-corrected chi connectivity index (χ4v) is 3.82. The Bertz CT molecular complexity index is 1290. The highest BCUT2D eigenvalue weighted by molar-refractivity contribution is 5.94. The number of carbonyl (C=O) groups is 1. The highest BCUT2D eigenvalue weighted by Gasteiger charge is 2.24. The van der Waals surface area contributed by atoms with Crippen molar-refractivity contribution in [1.29, 1.82) is 0 Å². The van der Waals surface area contributed by atoms with Gasteiger partial charge in [-0.05, 0) is 49.1 Å². The lowest BCUT2D eigenvalue weighted by Crippen LogP contribution is -2.34. The molecule has 0 aliphatic carbocycles. The molecule has 1 atom stereocenters. The van der Waals surface area contributed by atoms with E-state index in [0.29, 0.717) is 18.0 Å². The molecule has 0 aliphatic heterocycles. The van der Waals surface area contributed by atoms with Gasteiger partial charge in [0, 0.05) is 23.8 Å². The molecule has 0 fully saturated rings. The van der Waals surface area contributed by atoms with Gasteiger partial charge in [0.15, 0.2) is 5.65 Å². The highest BCUT2D eigenvalue weighted by Crippen LogP contribution is 2.26. The van der Waals surface area contributed by atoms with Crippen molar-refractivity contribution in [2.75, 3.05) is 0 Å². The molecule has 0 radical (unpaired) electrons. The van der Waals surface area contributed by atoms with Crippen LogP contribution in [0.2, 0.25) is 0 Å². The Hall–Kier alpha value is -3.74. The molecule has 4 rings (SSSR count). The number of hydrogen-bond acceptors (Lipinski definition) is 4. The van der Waals surface area contributed by atoms with Gasteiger partial charge >= 0.3 is 0 Å². The van der Waals surface area contributed by atoms with Crippen LogP contribution < -0.4 is 10.9 Å². The molecule has 2 N–H and O–H groups in total. The van der Waals surface area contributed by atoms with Crippen LogP contribution in [-0.2, 0) is 13.0 Å². The first-order chi connectivity index (χ1) is 15.4. The lowest BCUT2D eigenvalue weighted by atomic mass is 10.0. The summed E-state index contributed by atoms with van der Waals surface area (Å²) < 4.78 is 1.90. The molecule has 0 aliphatic rings. The minimum absolute atomic E-state index is 0.0812. The first-order valence-corrected chi connectivity index (χ1v) is 10.8. The second kappa shape index (κ2) is 9.18. The largest absolute Gasteiger partial charge is 0.343 e. The number of fused-ring (bicyclic) bond motifs is 1. The maximum absolute atomic E-state index is 13.1. The van der Waals surface area contributed by atoms with Gasteiger partial charge in [0.2, 0.25) is 0 Å². The quantitative estimate of drug-likeness (QED) is 0.467. The number of nitrogens with one attached hydrogen (secondary N) is 2. The standard InChI is InChI=1S/C25H27N5O2/c1-16(2)15-30-23-19(10-7-13-26-23)22(29-30)21(14-18-8-5-4-6-9-18)28-25(32)20-12-11-17(3)27-24(20)31/h4-13,16,21H,14-15H2,1-3H3,(H,27,31)(H,28,32)/t21-/m0/s1. The Kier molecular flexibility index (Phi) is 6.16. The maximum Gasteiger partial charge on any atom is 0.260 e. The molecule has 3 heterocycles. The second-order valence-electron chi connectivity index (χ2n) is 8.44. The van der Waals surface area contributed by atoms with Crippen molar-refractivity contribution in [3.63, 3.8) is 0 Å². The normalized spacial score (nSPS) is 12.2. The molecule has 0 unspecified atom stereocenters. The van der Waals surface area contributed by atoms with E-state index < -0.39 is 17.5 Å². The van der Waals surface area contributed by atoms with Crippen LogP contribution in [0.15, 0.2) is 65.6 Å². The van der Waals surface area contributed by atoms with Gasteiger partial charge in [-0.15, -0.1) is 0 Å². The van der Waals surface area contributed by atoms with E-state index in [1.165, 1.54) is 0 Å². The minimum atomic E-state index is -0.428. The van der Waals surface area contributed by atoms with E-state index in [1.807, 2.05) is 47.1 Å². The fraction of sp³-hybridized carbons (Fsp3) is 0.280. The molecule has 3 aromatic heterocycles. The predicted octanol–water partition coefficient (Wildman–Crippen LogP) is 3.80. The van der Waals surface area contributed by atoms with E-state index in [4.69, 9.17) is 5.10 Å². The van der Waals surface area contributed by atoms with Crippen LogP contribution in [0, 0.1) is 12.8 Å². The number of H-pyrrole nitrogens is 1. The second-order valence-corrected chi connectivity index (χ2v) is 8.44. The van der Waals surface area contributed by atoms with Crippen molar-refractivity contribution in [3.8, 4) is 0 Å². The number of rotatable bonds is 7. The van der Waals surface area contributed by atoms with Gasteiger partial charge in [-0.2, -0.15) is 5.10 Å². The summed E-state index contributed by atoms with van der Waals surface area (Å²) >= 11 is 0. The molecule has 32 heavy (non-hydrogen) atoms. The molecule has 7 heteroatoms. The van der Waals surface area contributed by atoms with Crippen molar-refractivity contribution in [3.05, 3.63) is 93.7 Å². The van der Waals surface area contributed by atoms with Crippen molar-refractivity contribution in [2.24, 2.45) is 5.92 Å². The van der Waals surface area contributed by atoms with Crippen molar-refractivity contribution >= 4 is 16.9 Å². The zero-order valence-corrected chi connectivity index (χ0v) is 18.5. The summed E-state index contributed by atoms with van der Waals surface area (Å²) in [5, 5.41) is 8.81. The molecule has 1 aromatic carbocycles. The van der Waals surface area contributed by atoms with E-state index in [2.05, 4.69) is 29.1 Å². The first kappa shape index (κ1) is 21.5. The van der Waals surface area contributed by atoms with Gasteiger partial charge in [-0.1, -0.05) is 44.2 Å². The monoisotopic (exact) mass is 429 g/mol. The van der Waals surface area contributed by atoms with Crippen LogP contribution >= 0.6 is 0 Å². The number of amides is 1. The Balaban J connectivity index is 1.76. The summed E-state index contributed by atoms with van der Waals surface area (Å²) in [6, 6.07) is 16.6. The zero-order chi connectivity index (χ0) is 22.7. The number of benzene rings is 1. The van der Waals surface area contributed by atoms with E-state index in [-0.39, 0.29) is 5.56 Å². The van der Waals surface area contributed by atoms with Crippen molar-refractivity contribution in [2.45, 2.75) is 39.8 Å². The lowest BCUT2D eigenvalue weighted by molar-refractivity contribution is 0.0934. The predicted molar refractivity (Wildman–Crippen MR) is 125 cm³/mol. The summed E-state index contributed by atoms with van der Waals surface area (Å²) in [5.74, 6) is -0.0381. The van der Waals surface area contributed by atoms with Crippen LogP contribution in [0.25, 0.3) is 11.0 Å². The molecule has 1 amide bonds. The van der Waals surface area contributed by atoms with Crippen molar-refractivity contribution in [1.82, 2.24) is 25.1 Å². The number of hydrogen-bond donors (Lipinski definition) is 2. The zero-order valence-electron chi connectivity index (χ0n) is 18.5. The van der Waals surface area contributed by atoms with Gasteiger partial charge in [0.25, 0.3) is 11.5 Å². The highest BCUT2D eigenvalue weighted by atomic mass is 16.2. The van der Waals surface area contributed by atoms with E-state index in [1.54, 1.807) is 25.3 Å². The molecule has 0 saturated heterocycles. The Morgan fingerprint density at radius 3 is 2.59 bits per heavy atom. The molecular formula is C25H27N5O2. The Morgan fingerprint density at radius 2 is 1.88 bits per heavy atom. The van der Waals surface area contributed by atoms with Gasteiger partial charge in [-0.3, -0.25) is 9.59 Å². The SMILES string of the molecule is Cc1ccc(C(=O)N[C@@H](Cc2ccccc2)c2nn(CC(C)C)c3ncccc23)c(=O)[nH]1. The lowest BCUT2D eigenvalue weighted by Gasteiger charge is -2.18. The van der Waals surface area contributed by atoms with Crippen LogP contribution in [0.1, 0.15) is 47.2 Å². The van der Waals surface area contributed by atoms with Crippen molar-refractivity contribution < 1.29 is 4.79 Å². The smallest absolute Gasteiger partial charge is 0.260 e. The number of aryl methyl sites for hydroxylation is 1. The molecule has 0 spiro atoms. The topological polar surface area (TPSA) is 92.7 Å². The van der Waals surface area contributed by atoms with Crippen LogP contribution in [-0.4, -0.2) is 25.7 Å². The Labute approximate surface area is 186 Å². The third-order valence-corrected chi connectivity index (χ3v) is 5.29. The third kappa shape index (κ3) is 4.61. The fourth-order valence-electron chi connectivity index (χ4n) is 3.82. The molecule has 164 valence electrons. The summed E-state index contributed by atoms with van der Waals surface area (Å²) in [4.78, 5) is 32.7. The average Bonchev–Trinajstić information content (AvgIpc) is 3.12. The number of pyridine rings is 2. The summed E-state index contributed by atoms with van der Waals surface area (Å²) in [7, 11) is 0. The van der Waals surface area contributed by atoms with E-state index >= 15 is 0 Å². The van der Waals surface area contributed by atoms with Gasteiger partial charge in [0.05, 0.1) is 11.7 Å². The number of aromatic nitrogens is 4. The number of nitrogens with zero attached hydrogens (tertiary/aromatic N) is 3. The van der Waals surface area contributed by atoms with Gasteiger partial charge in [-0.25, -0.2) is 9.67 Å².